The summed E-state index contributed by atoms with van der Waals surface area (Å²) in [5.74, 6) is 0.0282. The van der Waals surface area contributed by atoms with Crippen molar-refractivity contribution >= 4 is 10.0 Å². The fraction of sp³-hybridized carbons (Fsp3) is 0.471. The van der Waals surface area contributed by atoms with Gasteiger partial charge in [0.2, 0.25) is 10.0 Å². The van der Waals surface area contributed by atoms with E-state index in [0.717, 1.165) is 22.4 Å². The number of sulfonamides is 1. The molecule has 1 aromatic heterocycles. The second-order valence-electron chi connectivity index (χ2n) is 6.36. The molecule has 0 bridgehead atoms. The van der Waals surface area contributed by atoms with Crippen LogP contribution in [0.5, 0.6) is 0 Å². The van der Waals surface area contributed by atoms with E-state index in [-0.39, 0.29) is 11.7 Å². The minimum atomic E-state index is -3.40. The molecule has 2 heterocycles. The molecule has 1 unspecified atom stereocenters. The van der Waals surface area contributed by atoms with Crippen LogP contribution in [0, 0.1) is 6.92 Å². The first-order valence-corrected chi connectivity index (χ1v) is 9.54. The van der Waals surface area contributed by atoms with E-state index in [4.69, 9.17) is 4.74 Å². The Morgan fingerprint density at radius 1 is 1.29 bits per heavy atom. The number of benzene rings is 1. The Balaban J connectivity index is 1.85. The summed E-state index contributed by atoms with van der Waals surface area (Å²) in [5, 5.41) is 4.28. The highest BCUT2D eigenvalue weighted by Crippen LogP contribution is 2.30. The minimum Gasteiger partial charge on any atom is -0.384 e. The van der Waals surface area contributed by atoms with Gasteiger partial charge >= 0.3 is 0 Å². The monoisotopic (exact) mass is 349 g/mol. The molecule has 0 radical (unpaired) electrons. The number of aryl methyl sites for hydroxylation is 2. The number of aromatic nitrogens is 2. The molecule has 1 aromatic carbocycles. The van der Waals surface area contributed by atoms with E-state index in [2.05, 4.69) is 5.10 Å². The van der Waals surface area contributed by atoms with Crippen LogP contribution in [0.2, 0.25) is 0 Å². The fourth-order valence-electron chi connectivity index (χ4n) is 3.13. The Labute approximate surface area is 143 Å². The average Bonchev–Trinajstić information content (AvgIpc) is 2.91. The Morgan fingerprint density at radius 2 is 2.00 bits per heavy atom. The van der Waals surface area contributed by atoms with Gasteiger partial charge in [0.15, 0.2) is 0 Å². The number of nitrogens with zero attached hydrogens (tertiary/aromatic N) is 3. The molecule has 0 spiro atoms. The lowest BCUT2D eigenvalue weighted by atomic mass is 9.97. The van der Waals surface area contributed by atoms with Gasteiger partial charge in [-0.3, -0.25) is 4.68 Å². The maximum atomic E-state index is 12.9. The molecule has 7 heteroatoms. The largest absolute Gasteiger partial charge is 0.384 e. The van der Waals surface area contributed by atoms with Gasteiger partial charge in [0.1, 0.15) is 0 Å². The molecule has 3 rings (SSSR count). The van der Waals surface area contributed by atoms with Crippen molar-refractivity contribution in [3.8, 4) is 0 Å². The molecular formula is C17H23N3O3S. The zero-order chi connectivity index (χ0) is 17.3. The molecular weight excluding hydrogens is 326 g/mol. The SMILES string of the molecule is COCC1CN(S(=O)(=O)Cc2ccc(C)cc2)Cc2c1cnn2C. The van der Waals surface area contributed by atoms with Gasteiger partial charge in [0.05, 0.1) is 30.8 Å². The molecule has 24 heavy (non-hydrogen) atoms. The third kappa shape index (κ3) is 3.38. The Hall–Kier alpha value is -1.70. The summed E-state index contributed by atoms with van der Waals surface area (Å²) in [6.07, 6.45) is 1.82. The number of fused-ring (bicyclic) bond motifs is 1. The van der Waals surface area contributed by atoms with Crippen LogP contribution in [0.15, 0.2) is 30.5 Å². The summed E-state index contributed by atoms with van der Waals surface area (Å²) in [5.41, 5.74) is 3.95. The first-order valence-electron chi connectivity index (χ1n) is 7.94. The summed E-state index contributed by atoms with van der Waals surface area (Å²) in [7, 11) is 0.0796. The third-order valence-corrected chi connectivity index (χ3v) is 6.28. The van der Waals surface area contributed by atoms with E-state index in [1.54, 1.807) is 16.1 Å². The first-order chi connectivity index (χ1) is 11.4. The molecule has 0 fully saturated rings. The number of hydrogen-bond donors (Lipinski definition) is 0. The third-order valence-electron chi connectivity index (χ3n) is 4.51. The predicted molar refractivity (Wildman–Crippen MR) is 92.0 cm³/mol. The number of methoxy groups -OCH3 is 1. The average molecular weight is 349 g/mol. The van der Waals surface area contributed by atoms with Crippen LogP contribution in [0.3, 0.4) is 0 Å². The molecule has 0 amide bonds. The molecule has 6 nitrogen and oxygen atoms in total. The van der Waals surface area contributed by atoms with E-state index in [1.807, 2.05) is 44.4 Å². The highest BCUT2D eigenvalue weighted by Gasteiger charge is 2.34. The molecule has 0 saturated carbocycles. The smallest absolute Gasteiger partial charge is 0.218 e. The number of rotatable bonds is 5. The van der Waals surface area contributed by atoms with Crippen molar-refractivity contribution in [1.82, 2.24) is 14.1 Å². The van der Waals surface area contributed by atoms with E-state index in [0.29, 0.717) is 19.7 Å². The molecule has 1 aliphatic rings. The van der Waals surface area contributed by atoms with Gasteiger partial charge in [-0.1, -0.05) is 29.8 Å². The lowest BCUT2D eigenvalue weighted by molar-refractivity contribution is 0.162. The second kappa shape index (κ2) is 6.66. The van der Waals surface area contributed by atoms with Gasteiger partial charge in [-0.05, 0) is 12.5 Å². The lowest BCUT2D eigenvalue weighted by Crippen LogP contribution is -2.40. The van der Waals surface area contributed by atoms with Crippen molar-refractivity contribution < 1.29 is 13.2 Å². The summed E-state index contributed by atoms with van der Waals surface area (Å²) >= 11 is 0. The predicted octanol–water partition coefficient (Wildman–Crippen LogP) is 1.80. The summed E-state index contributed by atoms with van der Waals surface area (Å²) in [6.45, 7) is 3.26. The van der Waals surface area contributed by atoms with Gasteiger partial charge in [0.25, 0.3) is 0 Å². The highest BCUT2D eigenvalue weighted by molar-refractivity contribution is 7.88. The second-order valence-corrected chi connectivity index (χ2v) is 8.33. The van der Waals surface area contributed by atoms with Gasteiger partial charge in [-0.25, -0.2) is 8.42 Å². The van der Waals surface area contributed by atoms with Crippen LogP contribution >= 0.6 is 0 Å². The lowest BCUT2D eigenvalue weighted by Gasteiger charge is -2.32. The molecule has 0 saturated heterocycles. The van der Waals surface area contributed by atoms with Crippen molar-refractivity contribution in [3.05, 3.63) is 52.8 Å². The Bertz CT molecular complexity index is 812. The Morgan fingerprint density at radius 3 is 2.67 bits per heavy atom. The molecule has 2 aromatic rings. The van der Waals surface area contributed by atoms with Gasteiger partial charge in [-0.15, -0.1) is 0 Å². The zero-order valence-corrected chi connectivity index (χ0v) is 15.1. The van der Waals surface area contributed by atoms with Crippen molar-refractivity contribution in [2.75, 3.05) is 20.3 Å². The van der Waals surface area contributed by atoms with Crippen LogP contribution in [0.1, 0.15) is 28.3 Å². The van der Waals surface area contributed by atoms with Crippen LogP contribution in [-0.4, -0.2) is 42.8 Å². The molecule has 0 N–H and O–H groups in total. The summed E-state index contributed by atoms with van der Waals surface area (Å²) in [6, 6.07) is 7.62. The van der Waals surface area contributed by atoms with E-state index < -0.39 is 10.0 Å². The topological polar surface area (TPSA) is 64.4 Å². The maximum absolute atomic E-state index is 12.9. The molecule has 0 aliphatic carbocycles. The number of hydrogen-bond acceptors (Lipinski definition) is 4. The summed E-state index contributed by atoms with van der Waals surface area (Å²) < 4.78 is 34.4. The number of ether oxygens (including phenoxy) is 1. The first kappa shape index (κ1) is 17.1. The van der Waals surface area contributed by atoms with Gasteiger partial charge < -0.3 is 4.74 Å². The minimum absolute atomic E-state index is 0.0141. The van der Waals surface area contributed by atoms with Crippen molar-refractivity contribution in [1.29, 1.82) is 0 Å². The van der Waals surface area contributed by atoms with E-state index in [1.165, 1.54) is 0 Å². The fourth-order valence-corrected chi connectivity index (χ4v) is 4.65. The van der Waals surface area contributed by atoms with Crippen molar-refractivity contribution in [2.45, 2.75) is 25.1 Å². The molecule has 1 aliphatic heterocycles. The quantitative estimate of drug-likeness (QED) is 0.826. The highest BCUT2D eigenvalue weighted by atomic mass is 32.2. The van der Waals surface area contributed by atoms with E-state index in [9.17, 15) is 8.42 Å². The standard InChI is InChI=1S/C17H23N3O3S/c1-13-4-6-14(7-5-13)12-24(21,22)20-9-15(11-23-3)16-8-18-19(2)17(16)10-20/h4-8,15H,9-12H2,1-3H3. The normalized spacial score (nSPS) is 18.5. The zero-order valence-electron chi connectivity index (χ0n) is 14.3. The van der Waals surface area contributed by atoms with Crippen LogP contribution in [-0.2, 0) is 34.1 Å². The van der Waals surface area contributed by atoms with Crippen molar-refractivity contribution in [3.63, 3.8) is 0 Å². The van der Waals surface area contributed by atoms with Crippen LogP contribution in [0.25, 0.3) is 0 Å². The van der Waals surface area contributed by atoms with Crippen LogP contribution < -0.4 is 0 Å². The van der Waals surface area contributed by atoms with Gasteiger partial charge in [0, 0.05) is 32.2 Å². The van der Waals surface area contributed by atoms with Crippen LogP contribution in [0.4, 0.5) is 0 Å². The Kier molecular flexibility index (Phi) is 4.76. The molecule has 130 valence electrons. The maximum Gasteiger partial charge on any atom is 0.218 e. The van der Waals surface area contributed by atoms with E-state index >= 15 is 0 Å². The summed E-state index contributed by atoms with van der Waals surface area (Å²) in [4.78, 5) is 0. The van der Waals surface area contributed by atoms with Gasteiger partial charge in [-0.2, -0.15) is 9.40 Å². The van der Waals surface area contributed by atoms with Crippen molar-refractivity contribution in [2.24, 2.45) is 7.05 Å². The molecule has 1 atom stereocenters.